The van der Waals surface area contributed by atoms with Crippen LogP contribution in [0.1, 0.15) is 62.3 Å². The number of rotatable bonds is 1. The van der Waals surface area contributed by atoms with Gasteiger partial charge in [-0.25, -0.2) is 14.4 Å². The summed E-state index contributed by atoms with van der Waals surface area (Å²) in [5.41, 5.74) is -2.22. The summed E-state index contributed by atoms with van der Waals surface area (Å²) in [6.45, 7) is 15.2. The fourth-order valence-corrected chi connectivity index (χ4v) is 2.89. The molecule has 2 amide bonds. The van der Waals surface area contributed by atoms with Crippen LogP contribution in [0.25, 0.3) is 10.9 Å². The van der Waals surface area contributed by atoms with Crippen molar-refractivity contribution in [3.63, 3.8) is 0 Å². The van der Waals surface area contributed by atoms with Gasteiger partial charge in [-0.2, -0.15) is 9.58 Å². The highest BCUT2D eigenvalue weighted by atomic mass is 79.9. The van der Waals surface area contributed by atoms with E-state index >= 15 is 0 Å². The second-order valence-corrected chi connectivity index (χ2v) is 11.1. The fraction of sp³-hybridized carbons (Fsp3) is 0.545. The molecule has 2 aromatic rings. The number of benzene rings is 1. The summed E-state index contributed by atoms with van der Waals surface area (Å²) in [4.78, 5) is 39.6. The number of carbonyl (C=O) groups is 3. The van der Waals surface area contributed by atoms with Gasteiger partial charge in [-0.3, -0.25) is 0 Å². The zero-order valence-corrected chi connectivity index (χ0v) is 21.5. The van der Waals surface area contributed by atoms with Crippen LogP contribution in [0.3, 0.4) is 0 Å². The molecule has 1 heterocycles. The molecule has 176 valence electrons. The number of carbonyl (C=O) groups excluding carboxylic acids is 3. The topological polar surface area (TPSA) is 100.0 Å². The number of ether oxygens (including phenoxy) is 3. The van der Waals surface area contributed by atoms with E-state index in [9.17, 15) is 14.4 Å². The van der Waals surface area contributed by atoms with E-state index < -0.39 is 35.1 Å². The minimum atomic E-state index is -0.981. The third-order valence-corrected chi connectivity index (χ3v) is 4.05. The molecular weight excluding hydrogens is 482 g/mol. The maximum atomic E-state index is 13.0. The largest absolute Gasteiger partial charge is 0.443 e. The Balaban J connectivity index is 2.70. The first-order valence-corrected chi connectivity index (χ1v) is 10.8. The summed E-state index contributed by atoms with van der Waals surface area (Å²) in [6, 6.07) is 4.97. The van der Waals surface area contributed by atoms with Crippen molar-refractivity contribution in [3.05, 3.63) is 22.7 Å². The molecule has 32 heavy (non-hydrogen) atoms. The molecule has 9 nitrogen and oxygen atoms in total. The van der Waals surface area contributed by atoms with Gasteiger partial charge in [0.2, 0.25) is 0 Å². The highest BCUT2D eigenvalue weighted by Crippen LogP contribution is 2.31. The van der Waals surface area contributed by atoms with Crippen molar-refractivity contribution in [1.29, 1.82) is 0 Å². The highest BCUT2D eigenvalue weighted by Gasteiger charge is 2.36. The number of hydrogen-bond donors (Lipinski definition) is 0. The molecular formula is C22H30BrN3O6. The van der Waals surface area contributed by atoms with Crippen molar-refractivity contribution >= 4 is 50.9 Å². The van der Waals surface area contributed by atoms with Crippen LogP contribution in [0, 0.1) is 0 Å². The molecule has 2 rings (SSSR count). The van der Waals surface area contributed by atoms with E-state index in [1.807, 2.05) is 0 Å². The molecule has 0 saturated heterocycles. The van der Waals surface area contributed by atoms with Crippen LogP contribution >= 0.6 is 15.9 Å². The molecule has 0 fully saturated rings. The summed E-state index contributed by atoms with van der Waals surface area (Å²) < 4.78 is 18.0. The average Bonchev–Trinajstić information content (AvgIpc) is 2.88. The van der Waals surface area contributed by atoms with Crippen LogP contribution in [0.5, 0.6) is 0 Å². The first kappa shape index (κ1) is 25.6. The Bertz CT molecular complexity index is 1010. The lowest BCUT2D eigenvalue weighted by Gasteiger charge is -2.27. The van der Waals surface area contributed by atoms with Crippen LogP contribution < -0.4 is 4.90 Å². The number of aromatic nitrogens is 2. The van der Waals surface area contributed by atoms with Crippen molar-refractivity contribution in [2.45, 2.75) is 79.1 Å². The second kappa shape index (κ2) is 8.73. The van der Waals surface area contributed by atoms with Gasteiger partial charge in [0.05, 0.1) is 5.52 Å². The zero-order valence-electron chi connectivity index (χ0n) is 19.9. The fourth-order valence-electron chi connectivity index (χ4n) is 2.54. The lowest BCUT2D eigenvalue weighted by Crippen LogP contribution is -2.44. The van der Waals surface area contributed by atoms with Gasteiger partial charge in [-0.05, 0) is 80.5 Å². The predicted molar refractivity (Wildman–Crippen MR) is 124 cm³/mol. The van der Waals surface area contributed by atoms with Gasteiger partial charge in [0.15, 0.2) is 5.82 Å². The number of fused-ring (bicyclic) bond motifs is 1. The molecule has 1 aromatic carbocycles. The molecule has 0 aliphatic carbocycles. The maximum Gasteiger partial charge on any atom is 0.435 e. The Morgan fingerprint density at radius 1 is 0.844 bits per heavy atom. The Labute approximate surface area is 196 Å². The van der Waals surface area contributed by atoms with Crippen LogP contribution in [0.2, 0.25) is 0 Å². The van der Waals surface area contributed by atoms with E-state index in [-0.39, 0.29) is 5.82 Å². The number of amides is 2. The smallest absolute Gasteiger partial charge is 0.435 e. The summed E-state index contributed by atoms with van der Waals surface area (Å²) in [7, 11) is 0. The molecule has 0 N–H and O–H groups in total. The highest BCUT2D eigenvalue weighted by molar-refractivity contribution is 9.10. The Hall–Kier alpha value is -2.62. The third kappa shape index (κ3) is 6.69. The molecule has 10 heteroatoms. The zero-order chi connectivity index (χ0) is 24.6. The number of nitrogens with zero attached hydrogens (tertiary/aromatic N) is 3. The van der Waals surface area contributed by atoms with Gasteiger partial charge in [-0.1, -0.05) is 15.9 Å². The van der Waals surface area contributed by atoms with Crippen molar-refractivity contribution in [2.24, 2.45) is 0 Å². The minimum Gasteiger partial charge on any atom is -0.443 e. The van der Waals surface area contributed by atoms with E-state index in [0.29, 0.717) is 20.3 Å². The molecule has 1 aromatic heterocycles. The van der Waals surface area contributed by atoms with Gasteiger partial charge in [0, 0.05) is 9.86 Å². The van der Waals surface area contributed by atoms with E-state index in [1.54, 1.807) is 80.5 Å². The average molecular weight is 512 g/mol. The molecule has 0 aliphatic rings. The second-order valence-electron chi connectivity index (χ2n) is 10.2. The van der Waals surface area contributed by atoms with Gasteiger partial charge in [-0.15, -0.1) is 5.10 Å². The molecule has 0 atom stereocenters. The van der Waals surface area contributed by atoms with Gasteiger partial charge >= 0.3 is 18.3 Å². The summed E-state index contributed by atoms with van der Waals surface area (Å²) in [5.74, 6) is -0.109. The van der Waals surface area contributed by atoms with E-state index in [0.717, 1.165) is 4.68 Å². The molecule has 0 saturated carbocycles. The normalized spacial score (nSPS) is 12.4. The number of hydrogen-bond acceptors (Lipinski definition) is 7. The summed E-state index contributed by atoms with van der Waals surface area (Å²) in [6.07, 6.45) is -2.73. The first-order chi connectivity index (χ1) is 14.4. The van der Waals surface area contributed by atoms with E-state index in [2.05, 4.69) is 21.0 Å². The lowest BCUT2D eigenvalue weighted by molar-refractivity contribution is 0.0421. The number of imide groups is 1. The number of anilines is 1. The molecule has 0 aliphatic heterocycles. The summed E-state index contributed by atoms with van der Waals surface area (Å²) in [5, 5.41) is 4.62. The maximum absolute atomic E-state index is 13.0. The van der Waals surface area contributed by atoms with Crippen molar-refractivity contribution in [2.75, 3.05) is 4.90 Å². The Kier molecular flexibility index (Phi) is 6.99. The molecule has 0 bridgehead atoms. The molecule has 0 radical (unpaired) electrons. The Morgan fingerprint density at radius 2 is 1.31 bits per heavy atom. The third-order valence-electron chi connectivity index (χ3n) is 3.55. The van der Waals surface area contributed by atoms with Gasteiger partial charge in [0.1, 0.15) is 16.8 Å². The number of halogens is 1. The van der Waals surface area contributed by atoms with Crippen molar-refractivity contribution < 1.29 is 28.6 Å². The monoisotopic (exact) mass is 511 g/mol. The van der Waals surface area contributed by atoms with Crippen LogP contribution in [-0.4, -0.2) is 44.9 Å². The predicted octanol–water partition coefficient (Wildman–Crippen LogP) is 6.26. The van der Waals surface area contributed by atoms with Gasteiger partial charge in [0.25, 0.3) is 0 Å². The standard InChI is InChI=1S/C22H30BrN3O6/c1-20(2,3)30-17(27)25(18(28)31-21(4,5)6)16-14-11-10-13(23)12-15(14)26(24-16)19(29)32-22(7,8)9/h10-12H,1-9H3. The quantitative estimate of drug-likeness (QED) is 0.416. The van der Waals surface area contributed by atoms with Crippen LogP contribution in [-0.2, 0) is 14.2 Å². The first-order valence-electron chi connectivity index (χ1n) is 10.1. The van der Waals surface area contributed by atoms with E-state index in [4.69, 9.17) is 14.2 Å². The van der Waals surface area contributed by atoms with E-state index in [1.165, 1.54) is 0 Å². The van der Waals surface area contributed by atoms with Crippen molar-refractivity contribution in [3.8, 4) is 0 Å². The molecule has 0 unspecified atom stereocenters. The van der Waals surface area contributed by atoms with Crippen molar-refractivity contribution in [1.82, 2.24) is 9.78 Å². The van der Waals surface area contributed by atoms with Crippen LogP contribution in [0.4, 0.5) is 20.2 Å². The Morgan fingerprint density at radius 3 is 1.75 bits per heavy atom. The SMILES string of the molecule is CC(C)(C)OC(=O)N(C(=O)OC(C)(C)C)c1nn(C(=O)OC(C)(C)C)c2cc(Br)ccc12. The minimum absolute atomic E-state index is 0.109. The summed E-state index contributed by atoms with van der Waals surface area (Å²) >= 11 is 3.37. The molecule has 0 spiro atoms. The van der Waals surface area contributed by atoms with Gasteiger partial charge < -0.3 is 14.2 Å². The van der Waals surface area contributed by atoms with Crippen LogP contribution in [0.15, 0.2) is 22.7 Å². The lowest BCUT2D eigenvalue weighted by atomic mass is 10.2.